The summed E-state index contributed by atoms with van der Waals surface area (Å²) in [6, 6.07) is 12.8. The van der Waals surface area contributed by atoms with Crippen LogP contribution in [-0.4, -0.2) is 42.5 Å². The van der Waals surface area contributed by atoms with Crippen LogP contribution in [-0.2, 0) is 19.5 Å². The maximum Gasteiger partial charge on any atom is 0.191 e. The molecule has 5 nitrogen and oxygen atoms in total. The van der Waals surface area contributed by atoms with Crippen LogP contribution in [0, 0.1) is 0 Å². The second kappa shape index (κ2) is 13.8. The van der Waals surface area contributed by atoms with E-state index in [1.165, 1.54) is 49.9 Å². The maximum absolute atomic E-state index is 5.82. The summed E-state index contributed by atoms with van der Waals surface area (Å²) in [6.45, 7) is 5.08. The minimum absolute atomic E-state index is 0. The average Bonchev–Trinajstić information content (AvgIpc) is 3.01. The molecule has 3 rings (SSSR count). The van der Waals surface area contributed by atoms with E-state index >= 15 is 0 Å². The van der Waals surface area contributed by atoms with Gasteiger partial charge in [0.25, 0.3) is 0 Å². The fourth-order valence-electron chi connectivity index (χ4n) is 3.60. The van der Waals surface area contributed by atoms with Gasteiger partial charge in [-0.05, 0) is 55.1 Å². The molecule has 0 radical (unpaired) electrons. The summed E-state index contributed by atoms with van der Waals surface area (Å²) < 4.78 is 0. The number of aromatic nitrogens is 1. The van der Waals surface area contributed by atoms with Crippen molar-refractivity contribution in [2.75, 3.05) is 26.7 Å². The first-order valence-electron chi connectivity index (χ1n) is 10.6. The molecule has 164 valence electrons. The lowest BCUT2D eigenvalue weighted by atomic mass is 10.1. The van der Waals surface area contributed by atoms with E-state index < -0.39 is 0 Å². The Morgan fingerprint density at radius 1 is 0.967 bits per heavy atom. The van der Waals surface area contributed by atoms with Gasteiger partial charge in [0.1, 0.15) is 5.15 Å². The van der Waals surface area contributed by atoms with E-state index in [4.69, 9.17) is 11.6 Å². The van der Waals surface area contributed by atoms with Crippen molar-refractivity contribution in [3.8, 4) is 0 Å². The van der Waals surface area contributed by atoms with Crippen LogP contribution in [0.4, 0.5) is 0 Å². The Bertz CT molecular complexity index is 756. The fraction of sp³-hybridized carbons (Fsp3) is 0.478. The summed E-state index contributed by atoms with van der Waals surface area (Å²) in [5.41, 5.74) is 3.81. The third kappa shape index (κ3) is 8.78. The SMILES string of the molecule is CN=C(NCCc1ccc(Cl)nc1)NCc1ccc(CN2CCCCCC2)cc1.I. The predicted octanol–water partition coefficient (Wildman–Crippen LogP) is 4.64. The van der Waals surface area contributed by atoms with E-state index in [1.54, 1.807) is 7.05 Å². The third-order valence-electron chi connectivity index (χ3n) is 5.31. The van der Waals surface area contributed by atoms with E-state index in [2.05, 4.69) is 49.8 Å². The van der Waals surface area contributed by atoms with Crippen molar-refractivity contribution in [1.82, 2.24) is 20.5 Å². The molecule has 7 heteroatoms. The number of benzene rings is 1. The lowest BCUT2D eigenvalue weighted by molar-refractivity contribution is 0.277. The van der Waals surface area contributed by atoms with Crippen molar-refractivity contribution < 1.29 is 0 Å². The molecule has 0 saturated carbocycles. The van der Waals surface area contributed by atoms with Gasteiger partial charge in [-0.2, -0.15) is 0 Å². The number of hydrogen-bond donors (Lipinski definition) is 2. The molecule has 1 aliphatic heterocycles. The molecule has 30 heavy (non-hydrogen) atoms. The van der Waals surface area contributed by atoms with Crippen LogP contribution < -0.4 is 10.6 Å². The first-order chi connectivity index (χ1) is 14.2. The number of pyridine rings is 1. The van der Waals surface area contributed by atoms with Gasteiger partial charge in [-0.25, -0.2) is 4.98 Å². The second-order valence-corrected chi connectivity index (χ2v) is 7.99. The minimum Gasteiger partial charge on any atom is -0.356 e. The Hall–Kier alpha value is -1.38. The highest BCUT2D eigenvalue weighted by atomic mass is 127. The van der Waals surface area contributed by atoms with Crippen LogP contribution in [0.5, 0.6) is 0 Å². The lowest BCUT2D eigenvalue weighted by Gasteiger charge is -2.20. The maximum atomic E-state index is 5.82. The van der Waals surface area contributed by atoms with Gasteiger partial charge in [-0.15, -0.1) is 24.0 Å². The summed E-state index contributed by atoms with van der Waals surface area (Å²) in [4.78, 5) is 11.0. The van der Waals surface area contributed by atoms with Gasteiger partial charge in [0.2, 0.25) is 0 Å². The lowest BCUT2D eigenvalue weighted by Crippen LogP contribution is -2.37. The monoisotopic (exact) mass is 541 g/mol. The van der Waals surface area contributed by atoms with Crippen LogP contribution in [0.1, 0.15) is 42.4 Å². The van der Waals surface area contributed by atoms with E-state index in [-0.39, 0.29) is 24.0 Å². The topological polar surface area (TPSA) is 52.6 Å². The molecule has 2 aromatic rings. The molecular weight excluding hydrogens is 509 g/mol. The van der Waals surface area contributed by atoms with Crippen LogP contribution >= 0.6 is 35.6 Å². The molecular formula is C23H33ClIN5. The molecule has 0 unspecified atom stereocenters. The predicted molar refractivity (Wildman–Crippen MR) is 137 cm³/mol. The molecule has 2 N–H and O–H groups in total. The molecule has 1 fully saturated rings. The molecule has 1 saturated heterocycles. The number of aliphatic imine (C=N–C) groups is 1. The number of nitrogens with zero attached hydrogens (tertiary/aromatic N) is 3. The number of rotatable bonds is 7. The van der Waals surface area contributed by atoms with Crippen molar-refractivity contribution in [2.24, 2.45) is 4.99 Å². The van der Waals surface area contributed by atoms with Crippen LogP contribution in [0.15, 0.2) is 47.6 Å². The average molecular weight is 542 g/mol. The summed E-state index contributed by atoms with van der Waals surface area (Å²) >= 11 is 5.82. The van der Waals surface area contributed by atoms with E-state index in [0.29, 0.717) is 5.15 Å². The Morgan fingerprint density at radius 3 is 2.27 bits per heavy atom. The summed E-state index contributed by atoms with van der Waals surface area (Å²) in [5, 5.41) is 7.25. The number of halogens is 2. The normalized spacial score (nSPS) is 15.2. The van der Waals surface area contributed by atoms with Crippen LogP contribution in [0.25, 0.3) is 0 Å². The zero-order valence-electron chi connectivity index (χ0n) is 17.7. The van der Waals surface area contributed by atoms with Gasteiger partial charge in [-0.3, -0.25) is 9.89 Å². The van der Waals surface area contributed by atoms with Crippen molar-refractivity contribution in [2.45, 2.75) is 45.2 Å². The smallest absolute Gasteiger partial charge is 0.191 e. The molecule has 1 aliphatic rings. The first-order valence-corrected chi connectivity index (χ1v) is 11.0. The largest absolute Gasteiger partial charge is 0.356 e. The number of likely N-dealkylation sites (tertiary alicyclic amines) is 1. The molecule has 0 atom stereocenters. The zero-order valence-corrected chi connectivity index (χ0v) is 20.8. The molecule has 1 aromatic heterocycles. The van der Waals surface area contributed by atoms with Crippen molar-refractivity contribution >= 4 is 41.5 Å². The van der Waals surface area contributed by atoms with E-state index in [1.807, 2.05) is 18.3 Å². The van der Waals surface area contributed by atoms with Gasteiger partial charge in [0, 0.05) is 32.9 Å². The summed E-state index contributed by atoms with van der Waals surface area (Å²) in [6.07, 6.45) is 8.12. The fourth-order valence-corrected chi connectivity index (χ4v) is 3.71. The van der Waals surface area contributed by atoms with Gasteiger partial charge in [-0.1, -0.05) is 54.8 Å². The summed E-state index contributed by atoms with van der Waals surface area (Å²) in [7, 11) is 1.80. The molecule has 1 aromatic carbocycles. The Balaban J connectivity index is 0.00000320. The quantitative estimate of drug-likeness (QED) is 0.232. The Morgan fingerprint density at radius 2 is 1.63 bits per heavy atom. The number of guanidine groups is 1. The zero-order chi connectivity index (χ0) is 20.3. The molecule has 0 aliphatic carbocycles. The van der Waals surface area contributed by atoms with Crippen LogP contribution in [0.2, 0.25) is 5.15 Å². The number of nitrogens with one attached hydrogen (secondary N) is 2. The Labute approximate surface area is 202 Å². The van der Waals surface area contributed by atoms with Gasteiger partial charge in [0.05, 0.1) is 0 Å². The van der Waals surface area contributed by atoms with Gasteiger partial charge >= 0.3 is 0 Å². The molecule has 0 amide bonds. The van der Waals surface area contributed by atoms with Crippen molar-refractivity contribution in [3.63, 3.8) is 0 Å². The van der Waals surface area contributed by atoms with E-state index in [0.717, 1.165) is 37.6 Å². The number of hydrogen-bond acceptors (Lipinski definition) is 3. The van der Waals surface area contributed by atoms with Crippen LogP contribution in [0.3, 0.4) is 0 Å². The highest BCUT2D eigenvalue weighted by Gasteiger charge is 2.09. The highest BCUT2D eigenvalue weighted by Crippen LogP contribution is 2.14. The highest BCUT2D eigenvalue weighted by molar-refractivity contribution is 14.0. The molecule has 2 heterocycles. The first kappa shape index (κ1) is 24.9. The Kier molecular flexibility index (Phi) is 11.5. The summed E-state index contributed by atoms with van der Waals surface area (Å²) in [5.74, 6) is 0.806. The molecule has 0 spiro atoms. The van der Waals surface area contributed by atoms with E-state index in [9.17, 15) is 0 Å². The van der Waals surface area contributed by atoms with Gasteiger partial charge < -0.3 is 10.6 Å². The standard InChI is InChI=1S/C23H32ClN5.HI/c1-25-23(26-13-12-20-10-11-22(24)27-16-20)28-17-19-6-8-21(9-7-19)18-29-14-4-2-3-5-15-29;/h6-11,16H,2-5,12-15,17-18H2,1H3,(H2,25,26,28);1H. The van der Waals surface area contributed by atoms with Gasteiger partial charge in [0.15, 0.2) is 5.96 Å². The molecule has 0 bridgehead atoms. The second-order valence-electron chi connectivity index (χ2n) is 7.60. The third-order valence-corrected chi connectivity index (χ3v) is 5.53. The van der Waals surface area contributed by atoms with Crippen molar-refractivity contribution in [1.29, 1.82) is 0 Å². The van der Waals surface area contributed by atoms with Crippen molar-refractivity contribution in [3.05, 3.63) is 64.4 Å². The minimum atomic E-state index is 0.